The van der Waals surface area contributed by atoms with Crippen molar-refractivity contribution in [1.82, 2.24) is 20.1 Å². The van der Waals surface area contributed by atoms with E-state index in [1.54, 1.807) is 24.4 Å². The van der Waals surface area contributed by atoms with Crippen molar-refractivity contribution in [2.45, 2.75) is 64.7 Å². The number of halogens is 1. The van der Waals surface area contributed by atoms with Crippen LogP contribution >= 0.6 is 0 Å². The quantitative estimate of drug-likeness (QED) is 0.291. The maximum absolute atomic E-state index is 13.3. The monoisotopic (exact) mass is 495 g/mol. The Hall–Kier alpha value is -3.62. The summed E-state index contributed by atoms with van der Waals surface area (Å²) in [4.78, 5) is 27.8. The molecule has 0 bridgehead atoms. The molecule has 192 valence electrons. The average molecular weight is 496 g/mol. The summed E-state index contributed by atoms with van der Waals surface area (Å²) in [5.74, 6) is 1.75. The maximum Gasteiger partial charge on any atom is 0.232 e. The highest BCUT2D eigenvalue weighted by Crippen LogP contribution is 2.25. The lowest BCUT2D eigenvalue weighted by molar-refractivity contribution is -0.118. The van der Waals surface area contributed by atoms with Gasteiger partial charge in [0.05, 0.1) is 25.3 Å². The SMILES string of the molecule is C=C(F)CCC(=O)N(CCCCCc1noc(C(C)(C)C)n1)c1cccc(-c2ncc(OC)cn2)c1. The van der Waals surface area contributed by atoms with Crippen LogP contribution in [0.4, 0.5) is 10.1 Å². The van der Waals surface area contributed by atoms with Gasteiger partial charge in [0, 0.05) is 42.5 Å². The molecule has 1 aromatic carbocycles. The zero-order valence-corrected chi connectivity index (χ0v) is 21.5. The van der Waals surface area contributed by atoms with Gasteiger partial charge in [0.2, 0.25) is 11.8 Å². The number of amides is 1. The molecule has 8 nitrogen and oxygen atoms in total. The minimum Gasteiger partial charge on any atom is -0.494 e. The zero-order chi connectivity index (χ0) is 26.1. The van der Waals surface area contributed by atoms with Crippen LogP contribution in [0.3, 0.4) is 0 Å². The molecule has 3 aromatic rings. The van der Waals surface area contributed by atoms with E-state index in [9.17, 15) is 9.18 Å². The molecule has 0 N–H and O–H groups in total. The number of methoxy groups -OCH3 is 1. The molecule has 0 spiro atoms. The van der Waals surface area contributed by atoms with Gasteiger partial charge in [0.15, 0.2) is 17.4 Å². The number of carbonyl (C=O) groups is 1. The van der Waals surface area contributed by atoms with Gasteiger partial charge in [-0.15, -0.1) is 0 Å². The van der Waals surface area contributed by atoms with Crippen molar-refractivity contribution in [3.05, 3.63) is 60.8 Å². The van der Waals surface area contributed by atoms with E-state index in [0.29, 0.717) is 36.3 Å². The fraction of sp³-hybridized carbons (Fsp3) is 0.444. The van der Waals surface area contributed by atoms with Crippen LogP contribution in [0.15, 0.2) is 53.6 Å². The molecule has 0 saturated heterocycles. The molecule has 1 amide bonds. The normalized spacial score (nSPS) is 11.4. The van der Waals surface area contributed by atoms with E-state index in [-0.39, 0.29) is 24.2 Å². The fourth-order valence-electron chi connectivity index (χ4n) is 3.55. The van der Waals surface area contributed by atoms with E-state index < -0.39 is 5.83 Å². The summed E-state index contributed by atoms with van der Waals surface area (Å²) in [6, 6.07) is 7.48. The average Bonchev–Trinajstić information content (AvgIpc) is 3.34. The van der Waals surface area contributed by atoms with Crippen LogP contribution in [0.5, 0.6) is 5.75 Å². The van der Waals surface area contributed by atoms with E-state index in [0.717, 1.165) is 30.5 Å². The summed E-state index contributed by atoms with van der Waals surface area (Å²) in [6.07, 6.45) is 6.47. The lowest BCUT2D eigenvalue weighted by Gasteiger charge is -2.23. The van der Waals surface area contributed by atoms with E-state index in [1.807, 2.05) is 45.0 Å². The van der Waals surface area contributed by atoms with Gasteiger partial charge in [0.25, 0.3) is 0 Å². The molecule has 0 aliphatic heterocycles. The highest BCUT2D eigenvalue weighted by Gasteiger charge is 2.21. The van der Waals surface area contributed by atoms with Crippen molar-refractivity contribution in [2.24, 2.45) is 0 Å². The Morgan fingerprint density at radius 3 is 2.53 bits per heavy atom. The molecule has 0 saturated carbocycles. The van der Waals surface area contributed by atoms with Gasteiger partial charge in [-0.3, -0.25) is 4.79 Å². The molecule has 0 radical (unpaired) electrons. The second-order valence-electron chi connectivity index (χ2n) is 9.64. The Kier molecular flexibility index (Phi) is 9.27. The lowest BCUT2D eigenvalue weighted by atomic mass is 9.97. The number of allylic oxidation sites excluding steroid dienone is 1. The molecule has 9 heteroatoms. The maximum atomic E-state index is 13.3. The van der Waals surface area contributed by atoms with Gasteiger partial charge in [0.1, 0.15) is 0 Å². The largest absolute Gasteiger partial charge is 0.494 e. The number of anilines is 1. The Balaban J connectivity index is 1.65. The molecule has 0 unspecified atom stereocenters. The molecule has 3 rings (SSSR count). The Morgan fingerprint density at radius 1 is 1.14 bits per heavy atom. The summed E-state index contributed by atoms with van der Waals surface area (Å²) in [5.41, 5.74) is 1.31. The van der Waals surface area contributed by atoms with Crippen molar-refractivity contribution in [2.75, 3.05) is 18.6 Å². The Morgan fingerprint density at radius 2 is 1.89 bits per heavy atom. The van der Waals surface area contributed by atoms with Gasteiger partial charge >= 0.3 is 0 Å². The fourth-order valence-corrected chi connectivity index (χ4v) is 3.55. The molecular formula is C27H34FN5O3. The van der Waals surface area contributed by atoms with Gasteiger partial charge in [-0.05, 0) is 25.0 Å². The Labute approximate surface area is 211 Å². The third-order valence-electron chi connectivity index (χ3n) is 5.58. The van der Waals surface area contributed by atoms with E-state index in [4.69, 9.17) is 9.26 Å². The van der Waals surface area contributed by atoms with E-state index >= 15 is 0 Å². The van der Waals surface area contributed by atoms with Crippen LogP contribution < -0.4 is 9.64 Å². The first-order valence-corrected chi connectivity index (χ1v) is 12.1. The van der Waals surface area contributed by atoms with Gasteiger partial charge in [-0.1, -0.05) is 51.1 Å². The molecule has 0 atom stereocenters. The smallest absolute Gasteiger partial charge is 0.232 e. The van der Waals surface area contributed by atoms with Crippen molar-refractivity contribution in [1.29, 1.82) is 0 Å². The first-order valence-electron chi connectivity index (χ1n) is 12.1. The summed E-state index contributed by atoms with van der Waals surface area (Å²) in [6.45, 7) is 9.87. The van der Waals surface area contributed by atoms with Crippen molar-refractivity contribution in [3.63, 3.8) is 0 Å². The highest BCUT2D eigenvalue weighted by molar-refractivity contribution is 5.94. The van der Waals surface area contributed by atoms with Crippen molar-refractivity contribution in [3.8, 4) is 17.1 Å². The third kappa shape index (κ3) is 7.69. The summed E-state index contributed by atoms with van der Waals surface area (Å²) < 4.78 is 23.7. The number of aryl methyl sites for hydroxylation is 1. The van der Waals surface area contributed by atoms with E-state index in [1.165, 1.54) is 0 Å². The van der Waals surface area contributed by atoms with Crippen molar-refractivity contribution < 1.29 is 18.4 Å². The zero-order valence-electron chi connectivity index (χ0n) is 21.5. The van der Waals surface area contributed by atoms with Crippen LogP contribution in [-0.4, -0.2) is 39.7 Å². The van der Waals surface area contributed by atoms with Gasteiger partial charge in [-0.25, -0.2) is 14.4 Å². The predicted molar refractivity (Wildman–Crippen MR) is 136 cm³/mol. The number of hydrogen-bond acceptors (Lipinski definition) is 7. The van der Waals surface area contributed by atoms with Gasteiger partial charge in [-0.2, -0.15) is 4.98 Å². The molecule has 0 aliphatic rings. The standard InChI is InChI=1S/C27H34FN5O3/c1-19(28)13-14-24(34)33(15-8-6-7-12-23-31-26(36-32-23)27(2,3)4)21-11-9-10-20(16-21)25-29-17-22(35-5)18-30-25/h9-11,16-18H,1,6-8,12-15H2,2-5H3. The van der Waals surface area contributed by atoms with Crippen LogP contribution in [0, 0.1) is 0 Å². The van der Waals surface area contributed by atoms with Crippen LogP contribution in [0.25, 0.3) is 11.4 Å². The second kappa shape index (κ2) is 12.4. The van der Waals surface area contributed by atoms with Crippen molar-refractivity contribution >= 4 is 11.6 Å². The summed E-state index contributed by atoms with van der Waals surface area (Å²) >= 11 is 0. The minimum atomic E-state index is -0.501. The number of rotatable bonds is 12. The molecule has 0 aliphatic carbocycles. The highest BCUT2D eigenvalue weighted by atomic mass is 19.1. The molecule has 0 fully saturated rings. The lowest BCUT2D eigenvalue weighted by Crippen LogP contribution is -2.31. The van der Waals surface area contributed by atoms with Gasteiger partial charge < -0.3 is 14.2 Å². The number of hydrogen-bond donors (Lipinski definition) is 0. The predicted octanol–water partition coefficient (Wildman–Crippen LogP) is 5.84. The number of aromatic nitrogens is 4. The number of nitrogens with zero attached hydrogens (tertiary/aromatic N) is 5. The van der Waals surface area contributed by atoms with E-state index in [2.05, 4.69) is 26.7 Å². The number of carbonyl (C=O) groups excluding carboxylic acids is 1. The minimum absolute atomic E-state index is 0.00452. The topological polar surface area (TPSA) is 94.2 Å². The Bertz CT molecular complexity index is 1150. The first kappa shape index (κ1) is 27.0. The molecule has 36 heavy (non-hydrogen) atoms. The van der Waals surface area contributed by atoms with Crippen LogP contribution in [0.1, 0.15) is 64.6 Å². The summed E-state index contributed by atoms with van der Waals surface area (Å²) in [5, 5.41) is 4.07. The number of unbranched alkanes of at least 4 members (excludes halogenated alkanes) is 2. The first-order chi connectivity index (χ1) is 17.2. The molecule has 2 heterocycles. The number of ether oxygens (including phenoxy) is 1. The number of benzene rings is 1. The van der Waals surface area contributed by atoms with Crippen LogP contribution in [0.2, 0.25) is 0 Å². The second-order valence-corrected chi connectivity index (χ2v) is 9.64. The molecule has 2 aromatic heterocycles. The third-order valence-corrected chi connectivity index (χ3v) is 5.58. The van der Waals surface area contributed by atoms with Crippen LogP contribution in [-0.2, 0) is 16.6 Å². The molecular weight excluding hydrogens is 461 g/mol. The summed E-state index contributed by atoms with van der Waals surface area (Å²) in [7, 11) is 1.56.